The van der Waals surface area contributed by atoms with Crippen molar-refractivity contribution in [2.75, 3.05) is 0 Å². The second-order valence-electron chi connectivity index (χ2n) is 4.07. The molecule has 0 unspecified atom stereocenters. The molecule has 0 bridgehead atoms. The highest BCUT2D eigenvalue weighted by molar-refractivity contribution is 7.15. The molecule has 0 N–H and O–H groups in total. The Hall–Kier alpha value is -2.18. The lowest BCUT2D eigenvalue weighted by Crippen LogP contribution is -1.80. The molecule has 2 nitrogen and oxygen atoms in total. The van der Waals surface area contributed by atoms with E-state index in [0.717, 1.165) is 16.3 Å². The molecule has 1 aromatic heterocycles. The normalized spacial score (nSPS) is 10.4. The summed E-state index contributed by atoms with van der Waals surface area (Å²) in [4.78, 5) is 5.19. The molecule has 0 radical (unpaired) electrons. The van der Waals surface area contributed by atoms with Gasteiger partial charge in [0.25, 0.3) is 0 Å². The van der Waals surface area contributed by atoms with E-state index in [0.29, 0.717) is 4.88 Å². The third kappa shape index (κ3) is 1.68. The van der Waals surface area contributed by atoms with Crippen LogP contribution in [0.1, 0.15) is 10.6 Å². The maximum Gasteiger partial charge on any atom is 0.128 e. The zero-order valence-electron chi connectivity index (χ0n) is 9.84. The fourth-order valence-corrected chi connectivity index (χ4v) is 2.93. The highest BCUT2D eigenvalue weighted by Crippen LogP contribution is 2.32. The summed E-state index contributed by atoms with van der Waals surface area (Å²) in [5.41, 5.74) is 1.91. The fourth-order valence-electron chi connectivity index (χ4n) is 2.03. The first kappa shape index (κ1) is 10.9. The van der Waals surface area contributed by atoms with Crippen molar-refractivity contribution in [2.24, 2.45) is 0 Å². The van der Waals surface area contributed by atoms with E-state index in [1.54, 1.807) is 0 Å². The van der Waals surface area contributed by atoms with Crippen molar-refractivity contribution in [3.8, 4) is 16.6 Å². The average molecular weight is 250 g/mol. The summed E-state index contributed by atoms with van der Waals surface area (Å²) in [6, 6.07) is 16.6. The lowest BCUT2D eigenvalue weighted by atomic mass is 10.1. The van der Waals surface area contributed by atoms with Gasteiger partial charge in [-0.25, -0.2) is 4.98 Å². The highest BCUT2D eigenvalue weighted by atomic mass is 32.1. The van der Waals surface area contributed by atoms with Gasteiger partial charge in [0.15, 0.2) is 0 Å². The predicted molar refractivity (Wildman–Crippen MR) is 74.5 cm³/mol. The summed E-state index contributed by atoms with van der Waals surface area (Å²) < 4.78 is 0. The molecule has 1 heterocycles. The maximum atomic E-state index is 9.01. The largest absolute Gasteiger partial charge is 0.240 e. The van der Waals surface area contributed by atoms with Crippen molar-refractivity contribution in [2.45, 2.75) is 6.92 Å². The maximum absolute atomic E-state index is 9.01. The molecule has 2 aromatic carbocycles. The minimum Gasteiger partial charge on any atom is -0.240 e. The SMILES string of the molecule is Cc1nc(-c2cccc3ccccc23)sc1C#N. The van der Waals surface area contributed by atoms with Crippen molar-refractivity contribution in [3.05, 3.63) is 53.0 Å². The van der Waals surface area contributed by atoms with Crippen LogP contribution in [-0.4, -0.2) is 4.98 Å². The summed E-state index contributed by atoms with van der Waals surface area (Å²) in [6.07, 6.45) is 0. The van der Waals surface area contributed by atoms with Gasteiger partial charge in [0.2, 0.25) is 0 Å². The molecule has 0 aliphatic rings. The second-order valence-corrected chi connectivity index (χ2v) is 5.07. The third-order valence-corrected chi connectivity index (χ3v) is 4.01. The topological polar surface area (TPSA) is 36.7 Å². The van der Waals surface area contributed by atoms with Gasteiger partial charge < -0.3 is 0 Å². The van der Waals surface area contributed by atoms with Crippen LogP contribution >= 0.6 is 11.3 Å². The van der Waals surface area contributed by atoms with Gasteiger partial charge in [-0.2, -0.15) is 5.26 Å². The number of thiazole rings is 1. The number of benzene rings is 2. The van der Waals surface area contributed by atoms with Crippen LogP contribution < -0.4 is 0 Å². The van der Waals surface area contributed by atoms with Gasteiger partial charge in [0.1, 0.15) is 16.0 Å². The van der Waals surface area contributed by atoms with Crippen molar-refractivity contribution in [1.82, 2.24) is 4.98 Å². The number of nitrogens with zero attached hydrogens (tertiary/aromatic N) is 2. The summed E-state index contributed by atoms with van der Waals surface area (Å²) in [6.45, 7) is 1.88. The Bertz CT molecular complexity index is 760. The van der Waals surface area contributed by atoms with Gasteiger partial charge in [-0.05, 0) is 17.7 Å². The smallest absolute Gasteiger partial charge is 0.128 e. The minimum atomic E-state index is 0.693. The van der Waals surface area contributed by atoms with E-state index in [1.165, 1.54) is 22.1 Å². The van der Waals surface area contributed by atoms with Gasteiger partial charge in [-0.3, -0.25) is 0 Å². The Balaban J connectivity index is 2.28. The Kier molecular flexibility index (Phi) is 2.58. The van der Waals surface area contributed by atoms with Gasteiger partial charge in [-0.15, -0.1) is 11.3 Å². The van der Waals surface area contributed by atoms with Gasteiger partial charge in [0, 0.05) is 5.56 Å². The van der Waals surface area contributed by atoms with Crippen molar-refractivity contribution < 1.29 is 0 Å². The molecule has 0 saturated heterocycles. The van der Waals surface area contributed by atoms with Crippen LogP contribution in [0.15, 0.2) is 42.5 Å². The molecule has 0 aliphatic heterocycles. The van der Waals surface area contributed by atoms with Crippen LogP contribution in [0.4, 0.5) is 0 Å². The third-order valence-electron chi connectivity index (χ3n) is 2.92. The van der Waals surface area contributed by atoms with E-state index in [-0.39, 0.29) is 0 Å². The molecule has 18 heavy (non-hydrogen) atoms. The number of aromatic nitrogens is 1. The van der Waals surface area contributed by atoms with Crippen LogP contribution in [0.2, 0.25) is 0 Å². The van der Waals surface area contributed by atoms with Gasteiger partial charge >= 0.3 is 0 Å². The van der Waals surface area contributed by atoms with E-state index in [1.807, 2.05) is 25.1 Å². The summed E-state index contributed by atoms with van der Waals surface area (Å²) in [5.74, 6) is 0. The zero-order valence-corrected chi connectivity index (χ0v) is 10.7. The van der Waals surface area contributed by atoms with E-state index in [4.69, 9.17) is 5.26 Å². The molecule has 0 atom stereocenters. The molecule has 0 amide bonds. The van der Waals surface area contributed by atoms with Crippen LogP contribution in [0.25, 0.3) is 21.3 Å². The predicted octanol–water partition coefficient (Wildman–Crippen LogP) is 4.14. The van der Waals surface area contributed by atoms with Crippen LogP contribution in [0, 0.1) is 18.3 Å². The summed E-state index contributed by atoms with van der Waals surface area (Å²) in [7, 11) is 0. The Morgan fingerprint density at radius 3 is 2.67 bits per heavy atom. The second kappa shape index (κ2) is 4.25. The molecule has 86 valence electrons. The van der Waals surface area contributed by atoms with E-state index < -0.39 is 0 Å². The lowest BCUT2D eigenvalue weighted by molar-refractivity contribution is 1.25. The zero-order chi connectivity index (χ0) is 12.5. The first-order valence-corrected chi connectivity index (χ1v) is 6.47. The quantitative estimate of drug-likeness (QED) is 0.650. The molecule has 0 spiro atoms. The monoisotopic (exact) mass is 250 g/mol. The van der Waals surface area contributed by atoms with Gasteiger partial charge in [-0.1, -0.05) is 42.5 Å². The van der Waals surface area contributed by atoms with E-state index in [2.05, 4.69) is 35.3 Å². The molecule has 0 aliphatic carbocycles. The van der Waals surface area contributed by atoms with Crippen molar-refractivity contribution in [1.29, 1.82) is 5.26 Å². The Labute approximate surface area is 109 Å². The number of fused-ring (bicyclic) bond motifs is 1. The fraction of sp³-hybridized carbons (Fsp3) is 0.0667. The average Bonchev–Trinajstić information content (AvgIpc) is 2.79. The number of hydrogen-bond donors (Lipinski definition) is 0. The Morgan fingerprint density at radius 1 is 1.11 bits per heavy atom. The first-order valence-electron chi connectivity index (χ1n) is 5.65. The summed E-state index contributed by atoms with van der Waals surface area (Å²) >= 11 is 1.46. The Morgan fingerprint density at radius 2 is 1.89 bits per heavy atom. The molecule has 3 rings (SSSR count). The molecule has 0 fully saturated rings. The van der Waals surface area contributed by atoms with Crippen LogP contribution in [-0.2, 0) is 0 Å². The molecule has 3 aromatic rings. The highest BCUT2D eigenvalue weighted by Gasteiger charge is 2.10. The standard InChI is InChI=1S/C15H10N2S/c1-10-14(9-16)18-15(17-10)13-8-4-6-11-5-2-3-7-12(11)13/h2-8H,1H3. The number of hydrogen-bond acceptors (Lipinski definition) is 3. The van der Waals surface area contributed by atoms with Crippen molar-refractivity contribution >= 4 is 22.1 Å². The van der Waals surface area contributed by atoms with Crippen LogP contribution in [0.5, 0.6) is 0 Å². The van der Waals surface area contributed by atoms with Gasteiger partial charge in [0.05, 0.1) is 5.69 Å². The molecule has 3 heteroatoms. The van der Waals surface area contributed by atoms with Crippen molar-refractivity contribution in [3.63, 3.8) is 0 Å². The molecule has 0 saturated carbocycles. The number of aryl methyl sites for hydroxylation is 1. The van der Waals surface area contributed by atoms with Crippen LogP contribution in [0.3, 0.4) is 0 Å². The first-order chi connectivity index (χ1) is 8.79. The molecular weight excluding hydrogens is 240 g/mol. The summed E-state index contributed by atoms with van der Waals surface area (Å²) in [5, 5.41) is 12.3. The molecular formula is C15H10N2S. The number of nitriles is 1. The van der Waals surface area contributed by atoms with E-state index >= 15 is 0 Å². The van der Waals surface area contributed by atoms with E-state index in [9.17, 15) is 0 Å². The lowest BCUT2D eigenvalue weighted by Gasteiger charge is -2.02. The number of rotatable bonds is 1. The minimum absolute atomic E-state index is 0.693.